The van der Waals surface area contributed by atoms with E-state index in [1.807, 2.05) is 18.2 Å². The number of likely N-dealkylation sites (tertiary alicyclic amines) is 1. The van der Waals surface area contributed by atoms with Crippen LogP contribution >= 0.6 is 0 Å². The van der Waals surface area contributed by atoms with Gasteiger partial charge in [0.1, 0.15) is 0 Å². The van der Waals surface area contributed by atoms with E-state index < -0.39 is 0 Å². The number of ether oxygens (including phenoxy) is 1. The van der Waals surface area contributed by atoms with Gasteiger partial charge in [-0.15, -0.1) is 0 Å². The second-order valence-electron chi connectivity index (χ2n) is 7.15. The second kappa shape index (κ2) is 6.57. The molecule has 0 radical (unpaired) electrons. The van der Waals surface area contributed by atoms with E-state index in [4.69, 9.17) is 4.74 Å². The van der Waals surface area contributed by atoms with Crippen molar-refractivity contribution in [1.82, 2.24) is 15.2 Å². The van der Waals surface area contributed by atoms with Crippen LogP contribution < -0.4 is 5.32 Å². The molecule has 0 unspecified atom stereocenters. The lowest BCUT2D eigenvalue weighted by atomic mass is 9.82. The topological polar surface area (TPSA) is 54.5 Å². The van der Waals surface area contributed by atoms with Crippen LogP contribution in [0.25, 0.3) is 0 Å². The Morgan fingerprint density at radius 2 is 2.22 bits per heavy atom. The van der Waals surface area contributed by atoms with Crippen molar-refractivity contribution in [2.75, 3.05) is 26.3 Å². The van der Waals surface area contributed by atoms with Crippen LogP contribution in [0.3, 0.4) is 0 Å². The number of rotatable bonds is 4. The molecule has 1 N–H and O–H groups in total. The van der Waals surface area contributed by atoms with Gasteiger partial charge in [-0.25, -0.2) is 0 Å². The summed E-state index contributed by atoms with van der Waals surface area (Å²) in [6.45, 7) is 4.06. The van der Waals surface area contributed by atoms with Crippen LogP contribution in [0.4, 0.5) is 0 Å². The van der Waals surface area contributed by atoms with Crippen molar-refractivity contribution in [2.45, 2.75) is 31.8 Å². The van der Waals surface area contributed by atoms with Crippen molar-refractivity contribution >= 4 is 5.91 Å². The van der Waals surface area contributed by atoms with Gasteiger partial charge in [0.25, 0.3) is 0 Å². The van der Waals surface area contributed by atoms with Crippen molar-refractivity contribution in [3.63, 3.8) is 0 Å². The Morgan fingerprint density at radius 3 is 2.96 bits per heavy atom. The van der Waals surface area contributed by atoms with Crippen LogP contribution in [-0.2, 0) is 16.1 Å². The molecule has 4 rings (SSSR count). The van der Waals surface area contributed by atoms with Gasteiger partial charge < -0.3 is 10.1 Å². The summed E-state index contributed by atoms with van der Waals surface area (Å²) < 4.78 is 5.75. The van der Waals surface area contributed by atoms with Gasteiger partial charge in [0.2, 0.25) is 5.91 Å². The SMILES string of the molecule is O=C(NCc1ccccn1)[C@@H]1COC[C@@H]2CN(C3CCC3)C[C@@H]21. The normalized spacial score (nSPS) is 31.4. The molecule has 5 nitrogen and oxygen atoms in total. The van der Waals surface area contributed by atoms with E-state index in [2.05, 4.69) is 15.2 Å². The maximum atomic E-state index is 12.6. The Morgan fingerprint density at radius 1 is 1.30 bits per heavy atom. The summed E-state index contributed by atoms with van der Waals surface area (Å²) in [6.07, 6.45) is 5.78. The predicted octanol–water partition coefficient (Wildman–Crippen LogP) is 1.44. The molecule has 3 aliphatic rings. The lowest BCUT2D eigenvalue weighted by Crippen LogP contribution is -2.44. The van der Waals surface area contributed by atoms with Crippen LogP contribution in [0, 0.1) is 17.8 Å². The fraction of sp³-hybridized carbons (Fsp3) is 0.667. The Bertz CT molecular complexity index is 546. The van der Waals surface area contributed by atoms with Crippen molar-refractivity contribution in [3.8, 4) is 0 Å². The first-order valence-corrected chi connectivity index (χ1v) is 8.80. The van der Waals surface area contributed by atoms with Crippen LogP contribution in [-0.4, -0.2) is 48.1 Å². The highest BCUT2D eigenvalue weighted by Gasteiger charge is 2.45. The average molecular weight is 315 g/mol. The Hall–Kier alpha value is -1.46. The van der Waals surface area contributed by atoms with Crippen LogP contribution in [0.2, 0.25) is 0 Å². The molecule has 3 heterocycles. The molecule has 5 heteroatoms. The first kappa shape index (κ1) is 15.1. The molecule has 1 aliphatic carbocycles. The fourth-order valence-electron chi connectivity index (χ4n) is 4.16. The standard InChI is InChI=1S/C18H25N3O2/c22-18(20-8-14-4-1-2-7-19-14)17-12-23-11-13-9-21(10-16(13)17)15-5-3-6-15/h1-2,4,7,13,15-17H,3,5-6,8-12H2,(H,20,22)/t13-,16-,17+/m0/s1. The molecule has 23 heavy (non-hydrogen) atoms. The molecule has 2 saturated heterocycles. The van der Waals surface area contributed by atoms with Gasteiger partial charge >= 0.3 is 0 Å². The minimum Gasteiger partial charge on any atom is -0.380 e. The molecular formula is C18H25N3O2. The summed E-state index contributed by atoms with van der Waals surface area (Å²) in [5, 5.41) is 3.05. The van der Waals surface area contributed by atoms with Gasteiger partial charge in [0.15, 0.2) is 0 Å². The van der Waals surface area contributed by atoms with Crippen LogP contribution in [0.5, 0.6) is 0 Å². The van der Waals surface area contributed by atoms with Gasteiger partial charge in [-0.1, -0.05) is 12.5 Å². The maximum Gasteiger partial charge on any atom is 0.226 e. The highest BCUT2D eigenvalue weighted by Crippen LogP contribution is 2.38. The number of aromatic nitrogens is 1. The van der Waals surface area contributed by atoms with Crippen molar-refractivity contribution in [1.29, 1.82) is 0 Å². The molecule has 1 aromatic heterocycles. The number of amides is 1. The summed E-state index contributed by atoms with van der Waals surface area (Å²) in [7, 11) is 0. The number of hydrogen-bond donors (Lipinski definition) is 1. The zero-order valence-electron chi connectivity index (χ0n) is 13.5. The second-order valence-corrected chi connectivity index (χ2v) is 7.15. The lowest BCUT2D eigenvalue weighted by Gasteiger charge is -2.35. The number of nitrogens with one attached hydrogen (secondary N) is 1. The number of hydrogen-bond acceptors (Lipinski definition) is 4. The van der Waals surface area contributed by atoms with E-state index in [9.17, 15) is 4.79 Å². The molecule has 0 bridgehead atoms. The van der Waals surface area contributed by atoms with Gasteiger partial charge in [0, 0.05) is 25.3 Å². The first-order valence-electron chi connectivity index (χ1n) is 8.80. The quantitative estimate of drug-likeness (QED) is 0.913. The molecule has 1 saturated carbocycles. The van der Waals surface area contributed by atoms with Crippen molar-refractivity contribution < 1.29 is 9.53 Å². The third kappa shape index (κ3) is 3.12. The Balaban J connectivity index is 1.36. The third-order valence-electron chi connectivity index (χ3n) is 5.76. The highest BCUT2D eigenvalue weighted by atomic mass is 16.5. The summed E-state index contributed by atoms with van der Waals surface area (Å²) in [5.41, 5.74) is 0.900. The van der Waals surface area contributed by atoms with Gasteiger partial charge in [0.05, 0.1) is 31.4 Å². The Kier molecular flexibility index (Phi) is 4.31. The summed E-state index contributed by atoms with van der Waals surface area (Å²) in [5.74, 6) is 1.09. The minimum atomic E-state index is -0.0115. The monoisotopic (exact) mass is 315 g/mol. The number of fused-ring (bicyclic) bond motifs is 1. The highest BCUT2D eigenvalue weighted by molar-refractivity contribution is 5.79. The van der Waals surface area contributed by atoms with E-state index in [1.165, 1.54) is 19.3 Å². The largest absolute Gasteiger partial charge is 0.380 e. The molecule has 3 fully saturated rings. The van der Waals surface area contributed by atoms with Gasteiger partial charge in [-0.3, -0.25) is 14.7 Å². The molecule has 1 aromatic rings. The van der Waals surface area contributed by atoms with E-state index in [0.29, 0.717) is 25.0 Å². The van der Waals surface area contributed by atoms with Crippen molar-refractivity contribution in [3.05, 3.63) is 30.1 Å². The number of carbonyl (C=O) groups excluding carboxylic acids is 1. The maximum absolute atomic E-state index is 12.6. The fourth-order valence-corrected chi connectivity index (χ4v) is 4.16. The average Bonchev–Trinajstić information content (AvgIpc) is 2.95. The van der Waals surface area contributed by atoms with Crippen molar-refractivity contribution in [2.24, 2.45) is 17.8 Å². The molecule has 2 aliphatic heterocycles. The number of carbonyl (C=O) groups is 1. The zero-order chi connectivity index (χ0) is 15.6. The predicted molar refractivity (Wildman–Crippen MR) is 86.6 cm³/mol. The third-order valence-corrected chi connectivity index (χ3v) is 5.76. The molecule has 3 atom stereocenters. The minimum absolute atomic E-state index is 0.0115. The molecule has 124 valence electrons. The summed E-state index contributed by atoms with van der Waals surface area (Å²) in [4.78, 5) is 19.5. The number of nitrogens with zero attached hydrogens (tertiary/aromatic N) is 2. The van der Waals surface area contributed by atoms with Gasteiger partial charge in [-0.2, -0.15) is 0 Å². The van der Waals surface area contributed by atoms with Gasteiger partial charge in [-0.05, 0) is 36.8 Å². The van der Waals surface area contributed by atoms with Crippen LogP contribution in [0.1, 0.15) is 25.0 Å². The molecular weight excluding hydrogens is 290 g/mol. The zero-order valence-corrected chi connectivity index (χ0v) is 13.5. The van der Waals surface area contributed by atoms with E-state index in [-0.39, 0.29) is 11.8 Å². The Labute approximate surface area is 137 Å². The van der Waals surface area contributed by atoms with E-state index >= 15 is 0 Å². The molecule has 0 spiro atoms. The smallest absolute Gasteiger partial charge is 0.226 e. The van der Waals surface area contributed by atoms with E-state index in [1.54, 1.807) is 6.20 Å². The molecule has 1 amide bonds. The first-order chi connectivity index (χ1) is 11.3. The molecule has 0 aromatic carbocycles. The van der Waals surface area contributed by atoms with Crippen LogP contribution in [0.15, 0.2) is 24.4 Å². The summed E-state index contributed by atoms with van der Waals surface area (Å²) >= 11 is 0. The number of pyridine rings is 1. The lowest BCUT2D eigenvalue weighted by molar-refractivity contribution is -0.133. The summed E-state index contributed by atoms with van der Waals surface area (Å²) in [6, 6.07) is 6.53. The van der Waals surface area contributed by atoms with E-state index in [0.717, 1.165) is 31.4 Å².